The van der Waals surface area contributed by atoms with E-state index in [1.54, 1.807) is 37.3 Å². The fourth-order valence-electron chi connectivity index (χ4n) is 1.46. The molecule has 3 heteroatoms. The molecule has 1 atom stereocenters. The molecule has 1 rings (SSSR count). The van der Waals surface area contributed by atoms with Crippen molar-refractivity contribution in [3.05, 3.63) is 42.5 Å². The zero-order valence-corrected chi connectivity index (χ0v) is 9.35. The summed E-state index contributed by atoms with van der Waals surface area (Å²) in [6.07, 6.45) is 1.99. The number of allylic oxidation sites excluding steroid dienone is 1. The van der Waals surface area contributed by atoms with Crippen LogP contribution in [0, 0.1) is 0 Å². The number of phenols is 1. The first-order valence-electron chi connectivity index (χ1n) is 5.24. The van der Waals surface area contributed by atoms with E-state index in [-0.39, 0.29) is 24.1 Å². The highest BCUT2D eigenvalue weighted by Gasteiger charge is 2.13. The SMILES string of the molecule is C=C[C@@H](CC(=O)OCC)c1ccc(O)cc1. The Morgan fingerprint density at radius 3 is 2.62 bits per heavy atom. The van der Waals surface area contributed by atoms with Gasteiger partial charge in [0.1, 0.15) is 5.75 Å². The van der Waals surface area contributed by atoms with E-state index in [1.807, 2.05) is 0 Å². The fourth-order valence-corrected chi connectivity index (χ4v) is 1.46. The number of hydrogen-bond donors (Lipinski definition) is 1. The van der Waals surface area contributed by atoms with Gasteiger partial charge in [0.2, 0.25) is 0 Å². The number of aromatic hydroxyl groups is 1. The third kappa shape index (κ3) is 3.42. The molecule has 1 N–H and O–H groups in total. The molecule has 0 radical (unpaired) electrons. The van der Waals surface area contributed by atoms with Gasteiger partial charge in [0.15, 0.2) is 0 Å². The number of rotatable bonds is 5. The van der Waals surface area contributed by atoms with Gasteiger partial charge in [-0.3, -0.25) is 4.79 Å². The lowest BCUT2D eigenvalue weighted by atomic mass is 9.96. The van der Waals surface area contributed by atoms with E-state index in [9.17, 15) is 4.79 Å². The van der Waals surface area contributed by atoms with Gasteiger partial charge in [-0.1, -0.05) is 18.2 Å². The van der Waals surface area contributed by atoms with Gasteiger partial charge < -0.3 is 9.84 Å². The van der Waals surface area contributed by atoms with Crippen LogP contribution in [-0.4, -0.2) is 17.7 Å². The number of benzene rings is 1. The third-order valence-corrected chi connectivity index (χ3v) is 2.30. The second-order valence-corrected chi connectivity index (χ2v) is 3.44. The summed E-state index contributed by atoms with van der Waals surface area (Å²) in [6, 6.07) is 6.75. The Hall–Kier alpha value is -1.77. The zero-order chi connectivity index (χ0) is 12.0. The first-order chi connectivity index (χ1) is 7.67. The minimum absolute atomic E-state index is 0.0698. The van der Waals surface area contributed by atoms with E-state index < -0.39 is 0 Å². The zero-order valence-electron chi connectivity index (χ0n) is 9.35. The molecular formula is C13H16O3. The fraction of sp³-hybridized carbons (Fsp3) is 0.308. The van der Waals surface area contributed by atoms with Crippen molar-refractivity contribution in [2.75, 3.05) is 6.61 Å². The molecule has 0 aliphatic carbocycles. The van der Waals surface area contributed by atoms with E-state index in [1.165, 1.54) is 0 Å². The van der Waals surface area contributed by atoms with E-state index in [0.717, 1.165) is 5.56 Å². The summed E-state index contributed by atoms with van der Waals surface area (Å²) in [4.78, 5) is 11.3. The molecule has 0 amide bonds. The normalized spacial score (nSPS) is 11.8. The molecule has 1 aromatic carbocycles. The van der Waals surface area contributed by atoms with Gasteiger partial charge in [-0.15, -0.1) is 6.58 Å². The Morgan fingerprint density at radius 1 is 1.50 bits per heavy atom. The summed E-state index contributed by atoms with van der Waals surface area (Å²) in [5.41, 5.74) is 0.945. The van der Waals surface area contributed by atoms with Crippen molar-refractivity contribution in [2.24, 2.45) is 0 Å². The summed E-state index contributed by atoms with van der Waals surface area (Å²) in [6.45, 7) is 5.87. The van der Waals surface area contributed by atoms with Crippen LogP contribution >= 0.6 is 0 Å². The summed E-state index contributed by atoms with van der Waals surface area (Å²) >= 11 is 0. The minimum atomic E-state index is -0.236. The van der Waals surface area contributed by atoms with E-state index >= 15 is 0 Å². The van der Waals surface area contributed by atoms with Crippen molar-refractivity contribution in [1.29, 1.82) is 0 Å². The predicted molar refractivity (Wildman–Crippen MR) is 62.3 cm³/mol. The van der Waals surface area contributed by atoms with Gasteiger partial charge in [-0.25, -0.2) is 0 Å². The van der Waals surface area contributed by atoms with Crippen LogP contribution in [0.5, 0.6) is 5.75 Å². The molecule has 16 heavy (non-hydrogen) atoms. The highest BCUT2D eigenvalue weighted by molar-refractivity contribution is 5.71. The smallest absolute Gasteiger partial charge is 0.306 e. The Balaban J connectivity index is 2.71. The quantitative estimate of drug-likeness (QED) is 0.613. The van der Waals surface area contributed by atoms with Crippen molar-refractivity contribution in [3.63, 3.8) is 0 Å². The lowest BCUT2D eigenvalue weighted by Gasteiger charge is -2.11. The Kier molecular flexibility index (Phi) is 4.58. The lowest BCUT2D eigenvalue weighted by Crippen LogP contribution is -2.08. The largest absolute Gasteiger partial charge is 0.508 e. The summed E-state index contributed by atoms with van der Waals surface area (Å²) in [5.74, 6) is -0.0946. The van der Waals surface area contributed by atoms with E-state index in [2.05, 4.69) is 6.58 Å². The molecule has 0 aliphatic heterocycles. The lowest BCUT2D eigenvalue weighted by molar-refractivity contribution is -0.143. The van der Waals surface area contributed by atoms with Gasteiger partial charge in [-0.05, 0) is 24.6 Å². The Morgan fingerprint density at radius 2 is 2.12 bits per heavy atom. The molecule has 86 valence electrons. The van der Waals surface area contributed by atoms with Crippen LogP contribution in [-0.2, 0) is 9.53 Å². The number of esters is 1. The molecule has 1 aromatic rings. The molecule has 0 aromatic heterocycles. The van der Waals surface area contributed by atoms with Crippen LogP contribution in [0.3, 0.4) is 0 Å². The number of hydrogen-bond acceptors (Lipinski definition) is 3. The van der Waals surface area contributed by atoms with Crippen LogP contribution in [0.15, 0.2) is 36.9 Å². The molecule has 3 nitrogen and oxygen atoms in total. The minimum Gasteiger partial charge on any atom is -0.508 e. The van der Waals surface area contributed by atoms with Crippen LogP contribution in [0.2, 0.25) is 0 Å². The maximum absolute atomic E-state index is 11.3. The van der Waals surface area contributed by atoms with Crippen LogP contribution in [0.25, 0.3) is 0 Å². The van der Waals surface area contributed by atoms with E-state index in [0.29, 0.717) is 6.61 Å². The van der Waals surface area contributed by atoms with Gasteiger partial charge in [0.05, 0.1) is 13.0 Å². The molecule has 0 spiro atoms. The monoisotopic (exact) mass is 220 g/mol. The van der Waals surface area contributed by atoms with Crippen LogP contribution in [0.1, 0.15) is 24.8 Å². The van der Waals surface area contributed by atoms with E-state index in [4.69, 9.17) is 9.84 Å². The van der Waals surface area contributed by atoms with Gasteiger partial charge in [-0.2, -0.15) is 0 Å². The second kappa shape index (κ2) is 5.95. The van der Waals surface area contributed by atoms with Crippen molar-refractivity contribution >= 4 is 5.97 Å². The molecular weight excluding hydrogens is 204 g/mol. The number of carbonyl (C=O) groups is 1. The molecule has 0 saturated heterocycles. The summed E-state index contributed by atoms with van der Waals surface area (Å²) < 4.78 is 4.88. The Labute approximate surface area is 95.4 Å². The van der Waals surface area contributed by atoms with Crippen molar-refractivity contribution < 1.29 is 14.6 Å². The Bertz CT molecular complexity index is 354. The van der Waals surface area contributed by atoms with Crippen LogP contribution in [0.4, 0.5) is 0 Å². The molecule has 0 bridgehead atoms. The predicted octanol–water partition coefficient (Wildman–Crippen LogP) is 2.62. The van der Waals surface area contributed by atoms with Gasteiger partial charge >= 0.3 is 5.97 Å². The van der Waals surface area contributed by atoms with Gasteiger partial charge in [0, 0.05) is 5.92 Å². The number of carbonyl (C=O) groups excluding carboxylic acids is 1. The molecule has 0 aliphatic rings. The highest BCUT2D eigenvalue weighted by Crippen LogP contribution is 2.23. The maximum Gasteiger partial charge on any atom is 0.306 e. The van der Waals surface area contributed by atoms with Crippen LogP contribution < -0.4 is 0 Å². The maximum atomic E-state index is 11.3. The topological polar surface area (TPSA) is 46.5 Å². The highest BCUT2D eigenvalue weighted by atomic mass is 16.5. The average molecular weight is 220 g/mol. The average Bonchev–Trinajstić information content (AvgIpc) is 2.27. The van der Waals surface area contributed by atoms with Crippen molar-refractivity contribution in [1.82, 2.24) is 0 Å². The van der Waals surface area contributed by atoms with Gasteiger partial charge in [0.25, 0.3) is 0 Å². The summed E-state index contributed by atoms with van der Waals surface area (Å²) in [7, 11) is 0. The molecule has 0 heterocycles. The molecule has 0 saturated carbocycles. The van der Waals surface area contributed by atoms with Crippen molar-refractivity contribution in [3.8, 4) is 5.75 Å². The van der Waals surface area contributed by atoms with Crippen molar-refractivity contribution in [2.45, 2.75) is 19.3 Å². The number of ether oxygens (including phenoxy) is 1. The second-order valence-electron chi connectivity index (χ2n) is 3.44. The number of phenolic OH excluding ortho intramolecular Hbond substituents is 1. The standard InChI is InChI=1S/C13H16O3/c1-3-10(9-13(15)16-4-2)11-5-7-12(14)8-6-11/h3,5-8,10,14H,1,4,9H2,2H3/t10-/m0/s1. The third-order valence-electron chi connectivity index (χ3n) is 2.30. The summed E-state index contributed by atoms with van der Waals surface area (Å²) in [5, 5.41) is 9.16. The molecule has 0 unspecified atom stereocenters. The first-order valence-corrected chi connectivity index (χ1v) is 5.24. The first kappa shape index (κ1) is 12.3. The molecule has 0 fully saturated rings.